The normalized spacial score (nSPS) is 10.0. The quantitative estimate of drug-likeness (QED) is 0.398. The van der Waals surface area contributed by atoms with Crippen molar-refractivity contribution in [2.24, 2.45) is 4.99 Å². The van der Waals surface area contributed by atoms with E-state index in [1.165, 1.54) is 12.4 Å². The summed E-state index contributed by atoms with van der Waals surface area (Å²) < 4.78 is 0. The molecule has 0 aliphatic carbocycles. The maximum absolute atomic E-state index is 11.1. The molecule has 0 fully saturated rings. The molecular weight excluding hydrogens is 172 g/mol. The summed E-state index contributed by atoms with van der Waals surface area (Å²) in [6.45, 7) is 0. The Kier molecular flexibility index (Phi) is 3.22. The van der Waals surface area contributed by atoms with Crippen molar-refractivity contribution in [3.05, 3.63) is 30.1 Å². The summed E-state index contributed by atoms with van der Waals surface area (Å²) in [6.07, 6.45) is 4.26. The number of hydrogen-bond acceptors (Lipinski definition) is 3. The number of aliphatic imine (C=N–C) groups is 1. The van der Waals surface area contributed by atoms with Crippen molar-refractivity contribution in [1.29, 1.82) is 0 Å². The van der Waals surface area contributed by atoms with Gasteiger partial charge in [-0.3, -0.25) is 9.78 Å². The fourth-order valence-corrected chi connectivity index (χ4v) is 0.742. The summed E-state index contributed by atoms with van der Waals surface area (Å²) in [4.78, 5) is 18.5. The zero-order valence-corrected chi connectivity index (χ0v) is 6.99. The van der Waals surface area contributed by atoms with Gasteiger partial charge in [0.25, 0.3) is 0 Å². The van der Waals surface area contributed by atoms with E-state index in [0.29, 0.717) is 5.56 Å². The molecule has 0 aliphatic heterocycles. The molecule has 1 rings (SSSR count). The van der Waals surface area contributed by atoms with Crippen LogP contribution in [0.1, 0.15) is 10.4 Å². The van der Waals surface area contributed by atoms with Gasteiger partial charge in [0.05, 0.1) is 11.7 Å². The average molecular weight is 178 g/mol. The molecule has 0 saturated carbocycles. The van der Waals surface area contributed by atoms with E-state index in [4.69, 9.17) is 0 Å². The number of hydrogen-bond donors (Lipinski definition) is 0. The van der Waals surface area contributed by atoms with E-state index in [0.717, 1.165) is 5.49 Å². The van der Waals surface area contributed by atoms with Gasteiger partial charge in [-0.2, -0.15) is 0 Å². The SMILES string of the molecule is O=C(C=NC=S)c1cccnc1. The Morgan fingerprint density at radius 3 is 3.08 bits per heavy atom. The van der Waals surface area contributed by atoms with Crippen LogP contribution in [0.5, 0.6) is 0 Å². The second kappa shape index (κ2) is 4.46. The maximum Gasteiger partial charge on any atom is 0.205 e. The maximum atomic E-state index is 11.1. The summed E-state index contributed by atoms with van der Waals surface area (Å²) in [5.41, 5.74) is 1.66. The Bertz CT molecular complexity index is 308. The van der Waals surface area contributed by atoms with Gasteiger partial charge in [0.2, 0.25) is 5.78 Å². The van der Waals surface area contributed by atoms with Crippen molar-refractivity contribution in [1.82, 2.24) is 4.98 Å². The van der Waals surface area contributed by atoms with Crippen LogP contribution in [0.4, 0.5) is 0 Å². The van der Waals surface area contributed by atoms with Crippen LogP contribution in [0.25, 0.3) is 0 Å². The fourth-order valence-electron chi connectivity index (χ4n) is 0.681. The number of pyridine rings is 1. The molecule has 60 valence electrons. The Morgan fingerprint density at radius 1 is 1.67 bits per heavy atom. The van der Waals surface area contributed by atoms with Crippen molar-refractivity contribution < 1.29 is 4.79 Å². The molecule has 1 heterocycles. The molecule has 12 heavy (non-hydrogen) atoms. The molecule has 0 spiro atoms. The standard InChI is InChI=1S/C8H6N2OS/c11-8(5-10-6-12)7-2-1-3-9-4-7/h1-6H. The van der Waals surface area contributed by atoms with Gasteiger partial charge < -0.3 is 0 Å². The van der Waals surface area contributed by atoms with E-state index < -0.39 is 0 Å². The first kappa shape index (κ1) is 8.67. The van der Waals surface area contributed by atoms with E-state index in [1.807, 2.05) is 0 Å². The van der Waals surface area contributed by atoms with Crippen molar-refractivity contribution in [2.45, 2.75) is 0 Å². The van der Waals surface area contributed by atoms with E-state index >= 15 is 0 Å². The lowest BCUT2D eigenvalue weighted by Crippen LogP contribution is -2.00. The molecule has 0 N–H and O–H groups in total. The molecule has 0 radical (unpaired) electrons. The number of ketones is 1. The summed E-state index contributed by atoms with van der Waals surface area (Å²) in [5, 5.41) is 0. The monoisotopic (exact) mass is 178 g/mol. The summed E-state index contributed by atoms with van der Waals surface area (Å²) in [7, 11) is 0. The summed E-state index contributed by atoms with van der Waals surface area (Å²) in [6, 6.07) is 3.36. The molecule has 1 aromatic heterocycles. The number of Topliss-reactive ketones (excluding diaryl/α,β-unsaturated/α-hetero) is 1. The van der Waals surface area contributed by atoms with Gasteiger partial charge >= 0.3 is 0 Å². The Balaban J connectivity index is 2.79. The fraction of sp³-hybridized carbons (Fsp3) is 0. The zero-order chi connectivity index (χ0) is 8.81. The molecule has 3 nitrogen and oxygen atoms in total. The van der Waals surface area contributed by atoms with Crippen LogP contribution < -0.4 is 0 Å². The number of nitrogens with zero attached hydrogens (tertiary/aromatic N) is 2. The molecule has 0 bridgehead atoms. The van der Waals surface area contributed by atoms with Gasteiger partial charge in [-0.1, -0.05) is 12.2 Å². The minimum atomic E-state index is -0.191. The first-order valence-electron chi connectivity index (χ1n) is 3.26. The van der Waals surface area contributed by atoms with Crippen LogP contribution in [0.2, 0.25) is 0 Å². The molecule has 4 heteroatoms. The van der Waals surface area contributed by atoms with Gasteiger partial charge in [0.15, 0.2) is 0 Å². The molecule has 0 unspecified atom stereocenters. The highest BCUT2D eigenvalue weighted by atomic mass is 32.1. The minimum absolute atomic E-state index is 0.191. The predicted octanol–water partition coefficient (Wildman–Crippen LogP) is 1.29. The van der Waals surface area contributed by atoms with Gasteiger partial charge in [0.1, 0.15) is 0 Å². The van der Waals surface area contributed by atoms with E-state index in [9.17, 15) is 4.79 Å². The Labute approximate surface area is 75.2 Å². The molecule has 0 aliphatic rings. The number of aromatic nitrogens is 1. The van der Waals surface area contributed by atoms with Crippen LogP contribution in [-0.4, -0.2) is 22.5 Å². The highest BCUT2D eigenvalue weighted by Gasteiger charge is 1.99. The molecule has 0 aromatic carbocycles. The van der Waals surface area contributed by atoms with Crippen molar-refractivity contribution in [3.8, 4) is 0 Å². The molecule has 0 atom stereocenters. The smallest absolute Gasteiger partial charge is 0.205 e. The van der Waals surface area contributed by atoms with E-state index in [2.05, 4.69) is 22.2 Å². The second-order valence-electron chi connectivity index (χ2n) is 1.99. The largest absolute Gasteiger partial charge is 0.287 e. The highest BCUT2D eigenvalue weighted by Crippen LogP contribution is 1.94. The van der Waals surface area contributed by atoms with Crippen molar-refractivity contribution in [3.63, 3.8) is 0 Å². The summed E-state index contributed by atoms with van der Waals surface area (Å²) >= 11 is 4.43. The van der Waals surface area contributed by atoms with Crippen LogP contribution in [0.3, 0.4) is 0 Å². The lowest BCUT2D eigenvalue weighted by molar-refractivity contribution is 0.107. The molecular formula is C8H6N2OS. The van der Waals surface area contributed by atoms with E-state index in [1.54, 1.807) is 18.3 Å². The van der Waals surface area contributed by atoms with E-state index in [-0.39, 0.29) is 5.78 Å². The zero-order valence-electron chi connectivity index (χ0n) is 6.18. The second-order valence-corrected chi connectivity index (χ2v) is 2.20. The molecule has 0 saturated heterocycles. The van der Waals surface area contributed by atoms with Crippen molar-refractivity contribution >= 4 is 29.7 Å². The number of rotatable bonds is 3. The van der Waals surface area contributed by atoms with Gasteiger partial charge in [-0.05, 0) is 12.1 Å². The Morgan fingerprint density at radius 2 is 2.50 bits per heavy atom. The lowest BCUT2D eigenvalue weighted by Gasteiger charge is -1.90. The molecule has 1 aromatic rings. The topological polar surface area (TPSA) is 42.3 Å². The van der Waals surface area contributed by atoms with Crippen LogP contribution in [-0.2, 0) is 0 Å². The highest BCUT2D eigenvalue weighted by molar-refractivity contribution is 7.78. The lowest BCUT2D eigenvalue weighted by atomic mass is 10.2. The number of carbonyl (C=O) groups is 1. The molecule has 0 amide bonds. The first-order chi connectivity index (χ1) is 5.84. The third kappa shape index (κ3) is 2.32. The van der Waals surface area contributed by atoms with Crippen LogP contribution >= 0.6 is 12.2 Å². The third-order valence-electron chi connectivity index (χ3n) is 1.20. The predicted molar refractivity (Wildman–Crippen MR) is 50.7 cm³/mol. The van der Waals surface area contributed by atoms with Gasteiger partial charge in [-0.25, -0.2) is 4.99 Å². The summed E-state index contributed by atoms with van der Waals surface area (Å²) in [5.74, 6) is -0.191. The average Bonchev–Trinajstić information content (AvgIpc) is 2.15. The minimum Gasteiger partial charge on any atom is -0.287 e. The first-order valence-corrected chi connectivity index (χ1v) is 3.73. The van der Waals surface area contributed by atoms with Crippen LogP contribution in [0, 0.1) is 0 Å². The number of carbonyl (C=O) groups excluding carboxylic acids is 1. The van der Waals surface area contributed by atoms with Crippen molar-refractivity contribution in [2.75, 3.05) is 0 Å². The van der Waals surface area contributed by atoms with Gasteiger partial charge in [-0.15, -0.1) is 0 Å². The number of thiocarbonyl (C=S) groups is 1. The van der Waals surface area contributed by atoms with Gasteiger partial charge in [0, 0.05) is 18.0 Å². The third-order valence-corrected chi connectivity index (χ3v) is 1.32. The van der Waals surface area contributed by atoms with Crippen LogP contribution in [0.15, 0.2) is 29.5 Å². The Hall–Kier alpha value is -1.42.